The number of nitrogen functional groups attached to an aromatic ring is 1. The first-order chi connectivity index (χ1) is 14.2. The fraction of sp³-hybridized carbons (Fsp3) is 0.571. The zero-order chi connectivity index (χ0) is 21.7. The molecule has 1 aromatic carbocycles. The van der Waals surface area contributed by atoms with Crippen molar-refractivity contribution >= 4 is 16.6 Å². The second kappa shape index (κ2) is 7.43. The Morgan fingerprint density at radius 3 is 2.70 bits per heavy atom. The molecule has 9 heteroatoms. The molecule has 0 bridgehead atoms. The Bertz CT molecular complexity index is 1160. The zero-order valence-electron chi connectivity index (χ0n) is 17.6. The maximum Gasteiger partial charge on any atom is 0.350 e. The SMILES string of the molecule is Cc1c(N2CCC(CN(C)C(C)C#N)C2)c(F)cc2c(=O)n(N)c(=O)n(C3CC3)c12. The van der Waals surface area contributed by atoms with Crippen LogP contribution in [-0.2, 0) is 0 Å². The molecule has 0 radical (unpaired) electrons. The highest BCUT2D eigenvalue weighted by Crippen LogP contribution is 2.39. The van der Waals surface area contributed by atoms with E-state index in [9.17, 15) is 9.59 Å². The summed E-state index contributed by atoms with van der Waals surface area (Å²) in [5.41, 5.74) is 0.313. The van der Waals surface area contributed by atoms with Gasteiger partial charge in [-0.25, -0.2) is 9.18 Å². The van der Waals surface area contributed by atoms with Gasteiger partial charge in [-0.15, -0.1) is 0 Å². The van der Waals surface area contributed by atoms with Crippen LogP contribution in [0, 0.1) is 30.0 Å². The van der Waals surface area contributed by atoms with Crippen molar-refractivity contribution in [2.75, 3.05) is 37.4 Å². The normalized spacial score (nSPS) is 20.1. The number of fused-ring (bicyclic) bond motifs is 1. The molecule has 2 aromatic rings. The fourth-order valence-electron chi connectivity index (χ4n) is 4.57. The second-order valence-corrected chi connectivity index (χ2v) is 8.63. The van der Waals surface area contributed by atoms with E-state index in [4.69, 9.17) is 11.1 Å². The van der Waals surface area contributed by atoms with Gasteiger partial charge in [0.15, 0.2) is 0 Å². The molecule has 2 heterocycles. The van der Waals surface area contributed by atoms with Crippen LogP contribution in [0.15, 0.2) is 15.7 Å². The molecule has 1 saturated carbocycles. The summed E-state index contributed by atoms with van der Waals surface area (Å²) in [5, 5.41) is 9.25. The predicted octanol–water partition coefficient (Wildman–Crippen LogP) is 1.33. The molecule has 160 valence electrons. The van der Waals surface area contributed by atoms with Crippen molar-refractivity contribution in [2.24, 2.45) is 5.92 Å². The molecule has 0 amide bonds. The number of nitriles is 1. The average molecular weight is 414 g/mol. The van der Waals surface area contributed by atoms with E-state index in [0.717, 1.165) is 25.8 Å². The Morgan fingerprint density at radius 2 is 2.07 bits per heavy atom. The van der Waals surface area contributed by atoms with E-state index >= 15 is 4.39 Å². The summed E-state index contributed by atoms with van der Waals surface area (Å²) in [6.45, 7) is 5.74. The molecule has 30 heavy (non-hydrogen) atoms. The first-order valence-corrected chi connectivity index (χ1v) is 10.3. The summed E-state index contributed by atoms with van der Waals surface area (Å²) in [6, 6.07) is 3.28. The third-order valence-electron chi connectivity index (χ3n) is 6.47. The molecule has 2 fully saturated rings. The van der Waals surface area contributed by atoms with Gasteiger partial charge in [0.25, 0.3) is 5.56 Å². The highest BCUT2D eigenvalue weighted by Gasteiger charge is 2.32. The van der Waals surface area contributed by atoms with E-state index in [1.165, 1.54) is 6.07 Å². The van der Waals surface area contributed by atoms with Crippen LogP contribution in [0.25, 0.3) is 10.9 Å². The van der Waals surface area contributed by atoms with E-state index < -0.39 is 17.1 Å². The molecular weight excluding hydrogens is 387 g/mol. The van der Waals surface area contributed by atoms with Crippen LogP contribution < -0.4 is 22.0 Å². The van der Waals surface area contributed by atoms with Crippen molar-refractivity contribution in [3.63, 3.8) is 0 Å². The molecular formula is C21H27FN6O2. The van der Waals surface area contributed by atoms with E-state index in [2.05, 4.69) is 6.07 Å². The largest absolute Gasteiger partial charge is 0.369 e. The molecule has 4 rings (SSSR count). The van der Waals surface area contributed by atoms with E-state index in [1.807, 2.05) is 23.8 Å². The molecule has 2 atom stereocenters. The average Bonchev–Trinajstić information content (AvgIpc) is 3.45. The zero-order valence-corrected chi connectivity index (χ0v) is 17.6. The monoisotopic (exact) mass is 414 g/mol. The van der Waals surface area contributed by atoms with Gasteiger partial charge in [-0.05, 0) is 52.1 Å². The van der Waals surface area contributed by atoms with Gasteiger partial charge in [-0.3, -0.25) is 14.3 Å². The van der Waals surface area contributed by atoms with Crippen LogP contribution in [0.2, 0.25) is 0 Å². The number of nitrogens with two attached hydrogens (primary N) is 1. The predicted molar refractivity (Wildman–Crippen MR) is 114 cm³/mol. The maximum atomic E-state index is 15.2. The summed E-state index contributed by atoms with van der Waals surface area (Å²) in [7, 11) is 1.92. The van der Waals surface area contributed by atoms with Crippen molar-refractivity contribution < 1.29 is 4.39 Å². The lowest BCUT2D eigenvalue weighted by molar-refractivity contribution is 0.261. The lowest BCUT2D eigenvalue weighted by Crippen LogP contribution is -2.44. The van der Waals surface area contributed by atoms with Crippen LogP contribution in [0.3, 0.4) is 0 Å². The van der Waals surface area contributed by atoms with Crippen LogP contribution in [0.5, 0.6) is 0 Å². The van der Waals surface area contributed by atoms with Gasteiger partial charge >= 0.3 is 5.69 Å². The van der Waals surface area contributed by atoms with E-state index in [-0.39, 0.29) is 17.5 Å². The van der Waals surface area contributed by atoms with Crippen LogP contribution in [0.4, 0.5) is 10.1 Å². The Labute approximate surface area is 173 Å². The lowest BCUT2D eigenvalue weighted by atomic mass is 10.1. The Hall–Kier alpha value is -2.86. The topological polar surface area (TPSA) is 100 Å². The number of hydrogen-bond donors (Lipinski definition) is 1. The van der Waals surface area contributed by atoms with Gasteiger partial charge in [0.1, 0.15) is 5.82 Å². The number of aryl methyl sites for hydroxylation is 1. The number of halogens is 1. The van der Waals surface area contributed by atoms with Gasteiger partial charge in [0, 0.05) is 31.2 Å². The molecule has 1 saturated heterocycles. The highest BCUT2D eigenvalue weighted by atomic mass is 19.1. The third-order valence-corrected chi connectivity index (χ3v) is 6.47. The quantitative estimate of drug-likeness (QED) is 0.741. The summed E-state index contributed by atoms with van der Waals surface area (Å²) in [5.74, 6) is 5.52. The second-order valence-electron chi connectivity index (χ2n) is 8.63. The lowest BCUT2D eigenvalue weighted by Gasteiger charge is -2.26. The number of rotatable bonds is 5. The number of anilines is 1. The number of benzene rings is 1. The number of nitrogens with zero attached hydrogens (tertiary/aromatic N) is 5. The minimum Gasteiger partial charge on any atom is -0.369 e. The van der Waals surface area contributed by atoms with Crippen molar-refractivity contribution in [3.8, 4) is 6.07 Å². The van der Waals surface area contributed by atoms with E-state index in [1.54, 1.807) is 11.5 Å². The Balaban J connectivity index is 1.75. The Kier molecular flexibility index (Phi) is 5.06. The molecule has 2 unspecified atom stereocenters. The van der Waals surface area contributed by atoms with Crippen molar-refractivity contribution in [1.82, 2.24) is 14.1 Å². The van der Waals surface area contributed by atoms with Gasteiger partial charge in [-0.2, -0.15) is 9.94 Å². The summed E-state index contributed by atoms with van der Waals surface area (Å²) >= 11 is 0. The number of hydrogen-bond acceptors (Lipinski definition) is 6. The van der Waals surface area contributed by atoms with Crippen LogP contribution >= 0.6 is 0 Å². The minimum atomic E-state index is -0.674. The van der Waals surface area contributed by atoms with Crippen LogP contribution in [0.1, 0.15) is 37.8 Å². The van der Waals surface area contributed by atoms with Crippen molar-refractivity contribution in [3.05, 3.63) is 38.3 Å². The van der Waals surface area contributed by atoms with Crippen molar-refractivity contribution in [2.45, 2.75) is 45.2 Å². The first kappa shape index (κ1) is 20.4. The molecule has 8 nitrogen and oxygen atoms in total. The Morgan fingerprint density at radius 1 is 1.37 bits per heavy atom. The number of aromatic nitrogens is 2. The fourth-order valence-corrected chi connectivity index (χ4v) is 4.57. The molecule has 0 spiro atoms. The van der Waals surface area contributed by atoms with Gasteiger partial charge in [0.05, 0.1) is 28.7 Å². The van der Waals surface area contributed by atoms with Crippen LogP contribution in [-0.4, -0.2) is 46.9 Å². The highest BCUT2D eigenvalue weighted by molar-refractivity contribution is 5.87. The van der Waals surface area contributed by atoms with Gasteiger partial charge < -0.3 is 10.7 Å². The third kappa shape index (κ3) is 3.25. The molecule has 1 aliphatic carbocycles. The smallest absolute Gasteiger partial charge is 0.350 e. The van der Waals surface area contributed by atoms with Crippen molar-refractivity contribution in [1.29, 1.82) is 5.26 Å². The molecule has 2 N–H and O–H groups in total. The maximum absolute atomic E-state index is 15.2. The minimum absolute atomic E-state index is 0.000133. The van der Waals surface area contributed by atoms with Gasteiger partial charge in [-0.1, -0.05) is 0 Å². The summed E-state index contributed by atoms with van der Waals surface area (Å²) in [6.07, 6.45) is 2.57. The summed E-state index contributed by atoms with van der Waals surface area (Å²) in [4.78, 5) is 29.2. The molecule has 1 aliphatic heterocycles. The molecule has 1 aromatic heterocycles. The first-order valence-electron chi connectivity index (χ1n) is 10.3. The van der Waals surface area contributed by atoms with E-state index in [0.29, 0.717) is 40.5 Å². The summed E-state index contributed by atoms with van der Waals surface area (Å²) < 4.78 is 17.3. The van der Waals surface area contributed by atoms with Gasteiger partial charge in [0.2, 0.25) is 0 Å². The molecule has 2 aliphatic rings. The standard InChI is InChI=1S/C21H27FN6O2/c1-12(9-23)25(3)10-14-6-7-26(11-14)19-13(2)18-16(8-17(19)22)20(29)28(24)21(30)27(18)15-4-5-15/h8,12,14-15H,4-7,10-11,24H2,1-3H3.